The van der Waals surface area contributed by atoms with Gasteiger partial charge in [0.1, 0.15) is 0 Å². The molecule has 2 fully saturated rings. The average molecular weight is 576 g/mol. The Kier molecular flexibility index (Phi) is 9.75. The number of piperazine rings is 1. The highest BCUT2D eigenvalue weighted by Gasteiger charge is 2.34. The lowest BCUT2D eigenvalue weighted by Crippen LogP contribution is -2.50. The van der Waals surface area contributed by atoms with Crippen LogP contribution in [0, 0.1) is 0 Å². The summed E-state index contributed by atoms with van der Waals surface area (Å²) >= 11 is 0. The third-order valence-corrected chi connectivity index (χ3v) is 7.45. The number of nitrogens with zero attached hydrogens (tertiary/aromatic N) is 4. The molecule has 42 heavy (non-hydrogen) atoms. The van der Waals surface area contributed by atoms with Crippen molar-refractivity contribution in [2.24, 2.45) is 0 Å². The van der Waals surface area contributed by atoms with Crippen LogP contribution in [0.1, 0.15) is 49.4 Å². The zero-order chi connectivity index (χ0) is 29.5. The summed E-state index contributed by atoms with van der Waals surface area (Å²) in [5, 5.41) is 12.2. The first kappa shape index (κ1) is 29.6. The number of carbonyl (C=O) groups excluding carboxylic acids is 2. The van der Waals surface area contributed by atoms with Crippen LogP contribution in [0.15, 0.2) is 67.0 Å². The quantitative estimate of drug-likeness (QED) is 0.367. The van der Waals surface area contributed by atoms with Crippen LogP contribution >= 0.6 is 0 Å². The highest BCUT2D eigenvalue weighted by atomic mass is 16.7. The molecular weight excluding hydrogens is 538 g/mol. The molecule has 0 radical (unpaired) electrons. The summed E-state index contributed by atoms with van der Waals surface area (Å²) < 4.78 is 17.9. The van der Waals surface area contributed by atoms with E-state index in [0.717, 1.165) is 55.4 Å². The number of benzene rings is 2. The van der Waals surface area contributed by atoms with Crippen LogP contribution in [0.25, 0.3) is 0 Å². The molecule has 2 saturated heterocycles. The number of hydrogen-bond acceptors (Lipinski definition) is 10. The van der Waals surface area contributed by atoms with Gasteiger partial charge in [-0.25, -0.2) is 9.97 Å². The maximum atomic E-state index is 12.3. The standard InChI is InChI=1S/C31H37N5O6/c1-21(40-22(2)38)29(39)34-26-10-8-25(9-11-26)30-41-27(18-28(42-30)24-6-4-23(20-37)5-7-24)19-35-14-16-36(17-15-35)31-32-12-3-13-33-31/h3-13,21,27-28,30,37H,14-20H2,1-2H3,(H,34,39)/t21-,27+,28-,30-/m0/s1. The van der Waals surface area contributed by atoms with Crippen molar-refractivity contribution in [1.82, 2.24) is 14.9 Å². The van der Waals surface area contributed by atoms with E-state index in [1.807, 2.05) is 42.5 Å². The Morgan fingerprint density at radius 2 is 1.67 bits per heavy atom. The van der Waals surface area contributed by atoms with Gasteiger partial charge < -0.3 is 29.5 Å². The van der Waals surface area contributed by atoms with E-state index in [1.165, 1.54) is 13.8 Å². The van der Waals surface area contributed by atoms with E-state index in [0.29, 0.717) is 12.1 Å². The molecule has 0 aliphatic carbocycles. The molecule has 11 nitrogen and oxygen atoms in total. The molecule has 1 aromatic heterocycles. The molecule has 0 saturated carbocycles. The third kappa shape index (κ3) is 7.68. The first-order valence-corrected chi connectivity index (χ1v) is 14.2. The summed E-state index contributed by atoms with van der Waals surface area (Å²) in [4.78, 5) is 36.9. The average Bonchev–Trinajstić information content (AvgIpc) is 3.02. The normalized spacial score (nSPS) is 21.9. The van der Waals surface area contributed by atoms with E-state index in [4.69, 9.17) is 14.2 Å². The molecule has 5 rings (SSSR count). The highest BCUT2D eigenvalue weighted by molar-refractivity contribution is 5.94. The van der Waals surface area contributed by atoms with E-state index >= 15 is 0 Å². The van der Waals surface area contributed by atoms with Gasteiger partial charge in [-0.05, 0) is 36.2 Å². The summed E-state index contributed by atoms with van der Waals surface area (Å²) in [5.74, 6) is -0.165. The molecule has 0 unspecified atom stereocenters. The second-order valence-corrected chi connectivity index (χ2v) is 10.5. The summed E-state index contributed by atoms with van der Waals surface area (Å²) in [6.07, 6.45) is 2.46. The number of rotatable bonds is 9. The van der Waals surface area contributed by atoms with Crippen molar-refractivity contribution in [3.8, 4) is 0 Å². The van der Waals surface area contributed by atoms with Gasteiger partial charge in [0.2, 0.25) is 5.95 Å². The van der Waals surface area contributed by atoms with E-state index in [-0.39, 0.29) is 18.8 Å². The Balaban J connectivity index is 1.26. The lowest BCUT2D eigenvalue weighted by atomic mass is 9.99. The largest absolute Gasteiger partial charge is 0.453 e. The summed E-state index contributed by atoms with van der Waals surface area (Å²) in [7, 11) is 0. The summed E-state index contributed by atoms with van der Waals surface area (Å²) in [6, 6.07) is 16.9. The molecule has 0 spiro atoms. The van der Waals surface area contributed by atoms with Gasteiger partial charge in [0, 0.05) is 69.7 Å². The zero-order valence-electron chi connectivity index (χ0n) is 23.9. The monoisotopic (exact) mass is 575 g/mol. The lowest BCUT2D eigenvalue weighted by molar-refractivity contribution is -0.253. The molecule has 2 aliphatic rings. The van der Waals surface area contributed by atoms with Crippen molar-refractivity contribution in [3.05, 3.63) is 83.7 Å². The van der Waals surface area contributed by atoms with E-state index in [9.17, 15) is 14.7 Å². The summed E-state index contributed by atoms with van der Waals surface area (Å²) in [6.45, 7) is 6.97. The predicted octanol–water partition coefficient (Wildman–Crippen LogP) is 3.23. The first-order valence-electron chi connectivity index (χ1n) is 14.2. The Bertz CT molecular complexity index is 1320. The fourth-order valence-electron chi connectivity index (χ4n) is 5.18. The molecule has 0 bridgehead atoms. The minimum absolute atomic E-state index is 0.0112. The van der Waals surface area contributed by atoms with Gasteiger partial charge in [0.15, 0.2) is 12.4 Å². The summed E-state index contributed by atoms with van der Waals surface area (Å²) in [5.41, 5.74) is 3.28. The topological polar surface area (TPSA) is 126 Å². The first-order chi connectivity index (χ1) is 20.4. The van der Waals surface area contributed by atoms with Crippen molar-refractivity contribution in [2.75, 3.05) is 42.9 Å². The Labute approximate surface area is 245 Å². The van der Waals surface area contributed by atoms with Crippen molar-refractivity contribution in [2.45, 2.75) is 51.5 Å². The molecule has 4 atom stereocenters. The fourth-order valence-corrected chi connectivity index (χ4v) is 5.18. The Hall–Kier alpha value is -3.90. The third-order valence-electron chi connectivity index (χ3n) is 7.45. The smallest absolute Gasteiger partial charge is 0.303 e. The minimum Gasteiger partial charge on any atom is -0.453 e. The molecule has 1 amide bonds. The maximum absolute atomic E-state index is 12.3. The van der Waals surface area contributed by atoms with E-state index in [1.54, 1.807) is 24.5 Å². The molecule has 222 valence electrons. The molecule has 2 N–H and O–H groups in total. The van der Waals surface area contributed by atoms with Crippen LogP contribution in [-0.4, -0.2) is 76.8 Å². The number of aliphatic hydroxyl groups excluding tert-OH is 1. The van der Waals surface area contributed by atoms with Gasteiger partial charge in [-0.1, -0.05) is 36.4 Å². The Morgan fingerprint density at radius 1 is 1.00 bits per heavy atom. The number of nitrogens with one attached hydrogen (secondary N) is 1. The molecule has 2 aliphatic heterocycles. The van der Waals surface area contributed by atoms with Crippen molar-refractivity contribution < 1.29 is 28.9 Å². The van der Waals surface area contributed by atoms with Crippen LogP contribution < -0.4 is 10.2 Å². The number of hydrogen-bond donors (Lipinski definition) is 2. The SMILES string of the molecule is CC(=O)O[C@@H](C)C(=O)Nc1ccc([C@H]2O[C@@H](CN3CCN(c4ncccn4)CC3)C[C@@H](c3ccc(CO)cc3)O2)cc1. The van der Waals surface area contributed by atoms with Crippen LogP contribution in [0.4, 0.5) is 11.6 Å². The van der Waals surface area contributed by atoms with Gasteiger partial charge in [-0.3, -0.25) is 14.5 Å². The minimum atomic E-state index is -0.895. The molecule has 11 heteroatoms. The van der Waals surface area contributed by atoms with Crippen LogP contribution in [0.5, 0.6) is 0 Å². The number of aromatic nitrogens is 2. The van der Waals surface area contributed by atoms with Crippen molar-refractivity contribution in [3.63, 3.8) is 0 Å². The van der Waals surface area contributed by atoms with Crippen LogP contribution in [0.3, 0.4) is 0 Å². The van der Waals surface area contributed by atoms with Crippen molar-refractivity contribution >= 4 is 23.5 Å². The van der Waals surface area contributed by atoms with E-state index in [2.05, 4.69) is 25.1 Å². The molecule has 3 heterocycles. The molecule has 3 aromatic rings. The highest BCUT2D eigenvalue weighted by Crippen LogP contribution is 2.38. The predicted molar refractivity (Wildman–Crippen MR) is 155 cm³/mol. The second kappa shape index (κ2) is 13.8. The number of aliphatic hydroxyl groups is 1. The van der Waals surface area contributed by atoms with Crippen molar-refractivity contribution in [1.29, 1.82) is 0 Å². The zero-order valence-corrected chi connectivity index (χ0v) is 23.9. The number of ether oxygens (including phenoxy) is 3. The second-order valence-electron chi connectivity index (χ2n) is 10.5. The van der Waals surface area contributed by atoms with Gasteiger partial charge >= 0.3 is 5.97 Å². The number of esters is 1. The van der Waals surface area contributed by atoms with Gasteiger partial charge in [0.05, 0.1) is 18.8 Å². The van der Waals surface area contributed by atoms with E-state index < -0.39 is 24.3 Å². The van der Waals surface area contributed by atoms with Gasteiger partial charge in [-0.2, -0.15) is 0 Å². The number of carbonyl (C=O) groups is 2. The van der Waals surface area contributed by atoms with Gasteiger partial charge in [-0.15, -0.1) is 0 Å². The molecular formula is C31H37N5O6. The Morgan fingerprint density at radius 3 is 2.31 bits per heavy atom. The van der Waals surface area contributed by atoms with Gasteiger partial charge in [0.25, 0.3) is 5.91 Å². The maximum Gasteiger partial charge on any atom is 0.303 e. The number of amides is 1. The number of anilines is 2. The lowest BCUT2D eigenvalue weighted by Gasteiger charge is -2.40. The van der Waals surface area contributed by atoms with Crippen LogP contribution in [-0.2, 0) is 30.4 Å². The molecule has 2 aromatic carbocycles. The fraction of sp³-hybridized carbons (Fsp3) is 0.419. The van der Waals surface area contributed by atoms with Crippen LogP contribution in [0.2, 0.25) is 0 Å².